The number of nitrogens with two attached hydrogens (primary N) is 1. The molecule has 1 rings (SSSR count). The number of carbonyl (C=O) groups excluding carboxylic acids is 1. The number of amides is 1. The van der Waals surface area contributed by atoms with Crippen LogP contribution in [0.5, 0.6) is 0 Å². The van der Waals surface area contributed by atoms with Crippen LogP contribution < -0.4 is 11.1 Å². The number of nitrogens with one attached hydrogen (secondary N) is 1. The SMILES string of the molecule is Cc1ncc(CNC(=O)C(C)C)c(N)n1. The maximum atomic E-state index is 11.3. The van der Waals surface area contributed by atoms with Crippen LogP contribution >= 0.6 is 0 Å². The van der Waals surface area contributed by atoms with Crippen LogP contribution in [0.15, 0.2) is 6.20 Å². The summed E-state index contributed by atoms with van der Waals surface area (Å²) in [5, 5.41) is 2.76. The summed E-state index contributed by atoms with van der Waals surface area (Å²) in [6, 6.07) is 0. The Morgan fingerprint density at radius 1 is 1.60 bits per heavy atom. The van der Waals surface area contributed by atoms with Gasteiger partial charge in [-0.25, -0.2) is 9.97 Å². The standard InChI is InChI=1S/C10H16N4O/c1-6(2)10(15)13-5-8-4-12-7(3)14-9(8)11/h4,6H,5H2,1-3H3,(H,13,15)(H2,11,12,14). The summed E-state index contributed by atoms with van der Waals surface area (Å²) < 4.78 is 0. The van der Waals surface area contributed by atoms with E-state index in [-0.39, 0.29) is 11.8 Å². The maximum absolute atomic E-state index is 11.3. The molecule has 5 heteroatoms. The van der Waals surface area contributed by atoms with Gasteiger partial charge in [-0.05, 0) is 6.92 Å². The Hall–Kier alpha value is -1.65. The van der Waals surface area contributed by atoms with Crippen LogP contribution in [-0.4, -0.2) is 15.9 Å². The zero-order valence-electron chi connectivity index (χ0n) is 9.24. The van der Waals surface area contributed by atoms with Gasteiger partial charge in [-0.2, -0.15) is 0 Å². The van der Waals surface area contributed by atoms with Crippen molar-refractivity contribution in [2.45, 2.75) is 27.3 Å². The molecule has 1 heterocycles. The molecule has 0 fully saturated rings. The first kappa shape index (κ1) is 11.4. The number of rotatable bonds is 3. The van der Waals surface area contributed by atoms with Crippen molar-refractivity contribution in [3.05, 3.63) is 17.6 Å². The van der Waals surface area contributed by atoms with E-state index in [1.165, 1.54) is 0 Å². The highest BCUT2D eigenvalue weighted by atomic mass is 16.1. The van der Waals surface area contributed by atoms with Gasteiger partial charge in [-0.15, -0.1) is 0 Å². The number of anilines is 1. The fourth-order valence-electron chi connectivity index (χ4n) is 1.04. The molecule has 1 amide bonds. The average molecular weight is 208 g/mol. The van der Waals surface area contributed by atoms with Crippen LogP contribution in [0.4, 0.5) is 5.82 Å². The largest absolute Gasteiger partial charge is 0.383 e. The van der Waals surface area contributed by atoms with Crippen LogP contribution in [0, 0.1) is 12.8 Å². The lowest BCUT2D eigenvalue weighted by Crippen LogP contribution is -2.27. The van der Waals surface area contributed by atoms with E-state index in [4.69, 9.17) is 5.73 Å². The predicted molar refractivity (Wildman–Crippen MR) is 57.9 cm³/mol. The molecule has 0 aliphatic heterocycles. The van der Waals surface area contributed by atoms with Crippen LogP contribution in [0.2, 0.25) is 0 Å². The van der Waals surface area contributed by atoms with Gasteiger partial charge in [-0.1, -0.05) is 13.8 Å². The second kappa shape index (κ2) is 4.72. The molecule has 0 saturated carbocycles. The van der Waals surface area contributed by atoms with Gasteiger partial charge in [0.1, 0.15) is 11.6 Å². The maximum Gasteiger partial charge on any atom is 0.222 e. The molecule has 1 aromatic rings. The van der Waals surface area contributed by atoms with E-state index in [0.29, 0.717) is 18.2 Å². The molecule has 5 nitrogen and oxygen atoms in total. The first-order valence-corrected chi connectivity index (χ1v) is 4.86. The number of nitrogen functional groups attached to an aromatic ring is 1. The Bertz CT molecular complexity index is 362. The minimum atomic E-state index is -0.0300. The number of aromatic nitrogens is 2. The molecule has 0 saturated heterocycles. The number of carbonyl (C=O) groups is 1. The lowest BCUT2D eigenvalue weighted by atomic mass is 10.2. The summed E-state index contributed by atoms with van der Waals surface area (Å²) in [5.74, 6) is 1.02. The first-order chi connectivity index (χ1) is 7.00. The molecule has 0 aliphatic carbocycles. The Labute approximate surface area is 89.1 Å². The quantitative estimate of drug-likeness (QED) is 0.763. The first-order valence-electron chi connectivity index (χ1n) is 4.86. The summed E-state index contributed by atoms with van der Waals surface area (Å²) in [6.45, 7) is 5.82. The minimum Gasteiger partial charge on any atom is -0.383 e. The summed E-state index contributed by atoms with van der Waals surface area (Å²) in [7, 11) is 0. The van der Waals surface area contributed by atoms with Gasteiger partial charge in [0.05, 0.1) is 0 Å². The van der Waals surface area contributed by atoms with Crippen LogP contribution in [0.25, 0.3) is 0 Å². The molecule has 1 aromatic heterocycles. The van der Waals surface area contributed by atoms with Crippen molar-refractivity contribution in [2.75, 3.05) is 5.73 Å². The Morgan fingerprint density at radius 3 is 2.80 bits per heavy atom. The van der Waals surface area contributed by atoms with Crippen molar-refractivity contribution in [2.24, 2.45) is 5.92 Å². The second-order valence-electron chi connectivity index (χ2n) is 3.70. The topological polar surface area (TPSA) is 80.9 Å². The molecule has 15 heavy (non-hydrogen) atoms. The van der Waals surface area contributed by atoms with E-state index in [1.807, 2.05) is 13.8 Å². The molecule has 0 unspecified atom stereocenters. The van der Waals surface area contributed by atoms with Gasteiger partial charge < -0.3 is 11.1 Å². The highest BCUT2D eigenvalue weighted by Gasteiger charge is 2.07. The fourth-order valence-corrected chi connectivity index (χ4v) is 1.04. The highest BCUT2D eigenvalue weighted by molar-refractivity contribution is 5.77. The zero-order chi connectivity index (χ0) is 11.4. The lowest BCUT2D eigenvalue weighted by Gasteiger charge is -2.08. The van der Waals surface area contributed by atoms with Gasteiger partial charge in [0, 0.05) is 24.2 Å². The normalized spacial score (nSPS) is 10.4. The molecule has 0 radical (unpaired) electrons. The van der Waals surface area contributed by atoms with Crippen LogP contribution in [0.3, 0.4) is 0 Å². The molecule has 0 aliphatic rings. The molecule has 3 N–H and O–H groups in total. The van der Waals surface area contributed by atoms with Crippen molar-refractivity contribution >= 4 is 11.7 Å². The van der Waals surface area contributed by atoms with Gasteiger partial charge in [0.2, 0.25) is 5.91 Å². The zero-order valence-corrected chi connectivity index (χ0v) is 9.24. The van der Waals surface area contributed by atoms with Crippen molar-refractivity contribution in [1.29, 1.82) is 0 Å². The summed E-state index contributed by atoms with van der Waals surface area (Å²) >= 11 is 0. The smallest absolute Gasteiger partial charge is 0.222 e. The van der Waals surface area contributed by atoms with E-state index < -0.39 is 0 Å². The van der Waals surface area contributed by atoms with E-state index in [2.05, 4.69) is 15.3 Å². The van der Waals surface area contributed by atoms with Gasteiger partial charge in [0.25, 0.3) is 0 Å². The highest BCUT2D eigenvalue weighted by Crippen LogP contribution is 2.06. The summed E-state index contributed by atoms with van der Waals surface area (Å²) in [6.07, 6.45) is 1.64. The summed E-state index contributed by atoms with van der Waals surface area (Å²) in [4.78, 5) is 19.3. The number of hydrogen-bond acceptors (Lipinski definition) is 4. The molecule has 0 aromatic carbocycles. The van der Waals surface area contributed by atoms with E-state index in [9.17, 15) is 4.79 Å². The third kappa shape index (κ3) is 3.19. The monoisotopic (exact) mass is 208 g/mol. The van der Waals surface area contributed by atoms with Crippen molar-refractivity contribution in [3.8, 4) is 0 Å². The summed E-state index contributed by atoms with van der Waals surface area (Å²) in [5.41, 5.74) is 6.43. The van der Waals surface area contributed by atoms with Gasteiger partial charge >= 0.3 is 0 Å². The molecule has 82 valence electrons. The van der Waals surface area contributed by atoms with Crippen molar-refractivity contribution < 1.29 is 4.79 Å². The van der Waals surface area contributed by atoms with Crippen LogP contribution in [0.1, 0.15) is 25.2 Å². The van der Waals surface area contributed by atoms with Gasteiger partial charge in [-0.3, -0.25) is 4.79 Å². The van der Waals surface area contributed by atoms with Crippen LogP contribution in [-0.2, 0) is 11.3 Å². The van der Waals surface area contributed by atoms with Crippen molar-refractivity contribution in [1.82, 2.24) is 15.3 Å². The minimum absolute atomic E-state index is 0.00465. The second-order valence-corrected chi connectivity index (χ2v) is 3.70. The Kier molecular flexibility index (Phi) is 3.60. The Balaban J connectivity index is 2.62. The predicted octanol–water partition coefficient (Wildman–Crippen LogP) is 0.639. The molecule has 0 bridgehead atoms. The molecular weight excluding hydrogens is 192 g/mol. The van der Waals surface area contributed by atoms with E-state index in [0.717, 1.165) is 5.56 Å². The number of aryl methyl sites for hydroxylation is 1. The fraction of sp³-hybridized carbons (Fsp3) is 0.500. The number of hydrogen-bond donors (Lipinski definition) is 2. The Morgan fingerprint density at radius 2 is 2.27 bits per heavy atom. The lowest BCUT2D eigenvalue weighted by molar-refractivity contribution is -0.124. The van der Waals surface area contributed by atoms with E-state index in [1.54, 1.807) is 13.1 Å². The average Bonchev–Trinajstić information content (AvgIpc) is 2.15. The van der Waals surface area contributed by atoms with E-state index >= 15 is 0 Å². The molecular formula is C10H16N4O. The third-order valence-corrected chi connectivity index (χ3v) is 2.00. The van der Waals surface area contributed by atoms with Gasteiger partial charge in [0.15, 0.2) is 0 Å². The van der Waals surface area contributed by atoms with Crippen molar-refractivity contribution in [3.63, 3.8) is 0 Å². The molecule has 0 spiro atoms. The molecule has 0 atom stereocenters. The number of nitrogens with zero attached hydrogens (tertiary/aromatic N) is 2. The third-order valence-electron chi connectivity index (χ3n) is 2.00.